The number of carbonyl (C=O) groups is 2. The molecule has 0 radical (unpaired) electrons. The van der Waals surface area contributed by atoms with Gasteiger partial charge in [0.2, 0.25) is 0 Å². The number of pyridine rings is 1. The first kappa shape index (κ1) is 18.8. The highest BCUT2D eigenvalue weighted by Gasteiger charge is 2.31. The maximum Gasteiger partial charge on any atom is 0.258 e. The summed E-state index contributed by atoms with van der Waals surface area (Å²) < 4.78 is 5.86. The van der Waals surface area contributed by atoms with Crippen molar-refractivity contribution < 1.29 is 14.3 Å². The molecule has 2 aliphatic heterocycles. The highest BCUT2D eigenvalue weighted by molar-refractivity contribution is 7.98. The van der Waals surface area contributed by atoms with Gasteiger partial charge in [-0.3, -0.25) is 9.59 Å². The fraction of sp³-hybridized carbons (Fsp3) is 0.381. The standard InChI is InChI=1S/C21H23N3O3S/c1-28-20-16(6-4-10-22-20)19(25)23-14-7-8-18-17(13-14)21(26)24-11-3-2-5-15(24)9-12-27-18/h4,6-8,10,13,15H,2-3,5,9,11-12H2,1H3,(H,23,25)/t15-/m1/s1. The van der Waals surface area contributed by atoms with Gasteiger partial charge in [-0.1, -0.05) is 0 Å². The summed E-state index contributed by atoms with van der Waals surface area (Å²) >= 11 is 1.42. The van der Waals surface area contributed by atoms with Gasteiger partial charge >= 0.3 is 0 Å². The van der Waals surface area contributed by atoms with Gasteiger partial charge in [0.05, 0.1) is 17.7 Å². The van der Waals surface area contributed by atoms with E-state index < -0.39 is 0 Å². The number of rotatable bonds is 3. The fourth-order valence-corrected chi connectivity index (χ4v) is 4.40. The van der Waals surface area contributed by atoms with Crippen molar-refractivity contribution in [2.24, 2.45) is 0 Å². The number of aromatic nitrogens is 1. The number of piperidine rings is 1. The summed E-state index contributed by atoms with van der Waals surface area (Å²) in [5.74, 6) is 0.326. The van der Waals surface area contributed by atoms with Crippen LogP contribution in [0.15, 0.2) is 41.6 Å². The van der Waals surface area contributed by atoms with E-state index >= 15 is 0 Å². The summed E-state index contributed by atoms with van der Waals surface area (Å²) in [5, 5.41) is 3.56. The number of hydrogen-bond acceptors (Lipinski definition) is 5. The number of amides is 2. The quantitative estimate of drug-likeness (QED) is 0.797. The predicted octanol–water partition coefficient (Wildman–Crippen LogP) is 3.83. The van der Waals surface area contributed by atoms with Crippen LogP contribution in [-0.2, 0) is 0 Å². The summed E-state index contributed by atoms with van der Waals surface area (Å²) in [6.07, 6.45) is 7.63. The summed E-state index contributed by atoms with van der Waals surface area (Å²) in [5.41, 5.74) is 1.60. The molecular weight excluding hydrogens is 374 g/mol. The summed E-state index contributed by atoms with van der Waals surface area (Å²) in [6.45, 7) is 1.38. The second-order valence-electron chi connectivity index (χ2n) is 7.01. The van der Waals surface area contributed by atoms with E-state index in [4.69, 9.17) is 4.74 Å². The molecule has 1 saturated heterocycles. The molecule has 1 aromatic heterocycles. The molecule has 7 heteroatoms. The molecule has 0 unspecified atom stereocenters. The molecule has 2 aromatic rings. The normalized spacial score (nSPS) is 19.0. The fourth-order valence-electron chi connectivity index (χ4n) is 3.85. The molecule has 0 spiro atoms. The van der Waals surface area contributed by atoms with Gasteiger partial charge in [0.15, 0.2) is 0 Å². The van der Waals surface area contributed by atoms with Crippen LogP contribution in [-0.4, -0.2) is 47.1 Å². The van der Waals surface area contributed by atoms with E-state index in [1.807, 2.05) is 11.2 Å². The first-order valence-corrected chi connectivity index (χ1v) is 10.8. The maximum absolute atomic E-state index is 13.2. The number of thioether (sulfide) groups is 1. The summed E-state index contributed by atoms with van der Waals surface area (Å²) in [7, 11) is 0. The molecule has 2 aliphatic rings. The van der Waals surface area contributed by atoms with Crippen molar-refractivity contribution in [1.29, 1.82) is 0 Å². The van der Waals surface area contributed by atoms with E-state index in [-0.39, 0.29) is 17.9 Å². The van der Waals surface area contributed by atoms with Gasteiger partial charge in [-0.25, -0.2) is 4.98 Å². The number of carbonyl (C=O) groups excluding carboxylic acids is 2. The first-order valence-electron chi connectivity index (χ1n) is 9.55. The molecule has 1 atom stereocenters. The van der Waals surface area contributed by atoms with E-state index in [9.17, 15) is 9.59 Å². The van der Waals surface area contributed by atoms with Gasteiger partial charge in [0.25, 0.3) is 11.8 Å². The molecule has 0 aliphatic carbocycles. The van der Waals surface area contributed by atoms with Crippen LogP contribution < -0.4 is 10.1 Å². The average Bonchev–Trinajstić information content (AvgIpc) is 2.73. The Morgan fingerprint density at radius 3 is 3.04 bits per heavy atom. The van der Waals surface area contributed by atoms with Crippen LogP contribution in [0.2, 0.25) is 0 Å². The third-order valence-electron chi connectivity index (χ3n) is 5.27. The van der Waals surface area contributed by atoms with Crippen LogP contribution in [0, 0.1) is 0 Å². The number of anilines is 1. The predicted molar refractivity (Wildman–Crippen MR) is 109 cm³/mol. The minimum absolute atomic E-state index is 0.0123. The Bertz CT molecular complexity index is 902. The largest absolute Gasteiger partial charge is 0.493 e. The number of benzene rings is 1. The van der Waals surface area contributed by atoms with Gasteiger partial charge in [-0.2, -0.15) is 0 Å². The first-order chi connectivity index (χ1) is 13.7. The number of fused-ring (bicyclic) bond motifs is 2. The Kier molecular flexibility index (Phi) is 5.52. The molecule has 4 rings (SSSR count). The van der Waals surface area contributed by atoms with Gasteiger partial charge in [-0.15, -0.1) is 11.8 Å². The van der Waals surface area contributed by atoms with Crippen molar-refractivity contribution in [1.82, 2.24) is 9.88 Å². The third-order valence-corrected chi connectivity index (χ3v) is 5.99. The SMILES string of the molecule is CSc1ncccc1C(=O)Nc1ccc2c(c1)C(=O)N1CCCC[C@@H]1CCO2. The monoisotopic (exact) mass is 397 g/mol. The van der Waals surface area contributed by atoms with Crippen LogP contribution in [0.5, 0.6) is 5.75 Å². The van der Waals surface area contributed by atoms with Crippen LogP contribution >= 0.6 is 11.8 Å². The summed E-state index contributed by atoms with van der Waals surface area (Å²) in [4.78, 5) is 32.1. The molecule has 2 amide bonds. The van der Waals surface area contributed by atoms with Crippen molar-refractivity contribution >= 4 is 29.3 Å². The van der Waals surface area contributed by atoms with E-state index in [0.717, 1.165) is 32.2 Å². The van der Waals surface area contributed by atoms with Gasteiger partial charge in [0, 0.05) is 30.9 Å². The molecular formula is C21H23N3O3S. The lowest BCUT2D eigenvalue weighted by molar-refractivity contribution is 0.0548. The minimum atomic E-state index is -0.243. The molecule has 6 nitrogen and oxygen atoms in total. The van der Waals surface area contributed by atoms with Crippen molar-refractivity contribution in [3.05, 3.63) is 47.7 Å². The number of nitrogens with zero attached hydrogens (tertiary/aromatic N) is 2. The van der Waals surface area contributed by atoms with Gasteiger partial charge in [0.1, 0.15) is 10.8 Å². The maximum atomic E-state index is 13.2. The number of hydrogen-bond donors (Lipinski definition) is 1. The minimum Gasteiger partial charge on any atom is -0.493 e. The Morgan fingerprint density at radius 1 is 1.29 bits per heavy atom. The Labute approximate surface area is 168 Å². The Hall–Kier alpha value is -2.54. The van der Waals surface area contributed by atoms with Crippen LogP contribution in [0.4, 0.5) is 5.69 Å². The highest BCUT2D eigenvalue weighted by atomic mass is 32.2. The topological polar surface area (TPSA) is 71.5 Å². The smallest absolute Gasteiger partial charge is 0.258 e. The lowest BCUT2D eigenvalue weighted by Gasteiger charge is -2.37. The number of ether oxygens (including phenoxy) is 1. The van der Waals surface area contributed by atoms with Gasteiger partial charge < -0.3 is 15.0 Å². The number of nitrogens with one attached hydrogen (secondary N) is 1. The van der Waals surface area contributed by atoms with Crippen molar-refractivity contribution in [2.45, 2.75) is 36.8 Å². The zero-order valence-electron chi connectivity index (χ0n) is 15.8. The van der Waals surface area contributed by atoms with Crippen LogP contribution in [0.1, 0.15) is 46.4 Å². The molecule has 146 valence electrons. The molecule has 1 fully saturated rings. The van der Waals surface area contributed by atoms with Crippen molar-refractivity contribution in [3.63, 3.8) is 0 Å². The zero-order chi connectivity index (χ0) is 19.5. The van der Waals surface area contributed by atoms with Crippen LogP contribution in [0.3, 0.4) is 0 Å². The molecule has 28 heavy (non-hydrogen) atoms. The van der Waals surface area contributed by atoms with Gasteiger partial charge in [-0.05, 0) is 55.9 Å². The van der Waals surface area contributed by atoms with E-state index in [0.29, 0.717) is 34.2 Å². The third kappa shape index (κ3) is 3.71. The van der Waals surface area contributed by atoms with Crippen molar-refractivity contribution in [3.8, 4) is 5.75 Å². The summed E-state index contributed by atoms with van der Waals surface area (Å²) in [6, 6.07) is 8.99. The van der Waals surface area contributed by atoms with Crippen LogP contribution in [0.25, 0.3) is 0 Å². The van der Waals surface area contributed by atoms with E-state index in [1.54, 1.807) is 36.5 Å². The Balaban J connectivity index is 1.61. The van der Waals surface area contributed by atoms with E-state index in [1.165, 1.54) is 11.8 Å². The Morgan fingerprint density at radius 2 is 2.18 bits per heavy atom. The second kappa shape index (κ2) is 8.22. The molecule has 0 bridgehead atoms. The lowest BCUT2D eigenvalue weighted by Crippen LogP contribution is -2.45. The molecule has 1 N–H and O–H groups in total. The van der Waals surface area contributed by atoms with E-state index in [2.05, 4.69) is 10.3 Å². The second-order valence-corrected chi connectivity index (χ2v) is 7.81. The highest BCUT2D eigenvalue weighted by Crippen LogP contribution is 2.31. The van der Waals surface area contributed by atoms with Crippen molar-refractivity contribution in [2.75, 3.05) is 24.7 Å². The molecule has 3 heterocycles. The average molecular weight is 398 g/mol. The lowest BCUT2D eigenvalue weighted by atomic mass is 9.97. The molecule has 0 saturated carbocycles. The zero-order valence-corrected chi connectivity index (χ0v) is 16.6. The molecule has 1 aromatic carbocycles.